The predicted molar refractivity (Wildman–Crippen MR) is 123 cm³/mol. The Kier molecular flexibility index (Phi) is 20.1. The summed E-state index contributed by atoms with van der Waals surface area (Å²) in [4.78, 5) is 11.8. The molecular formula is C20H42O4S2Si. The van der Waals surface area contributed by atoms with Gasteiger partial charge in [0.15, 0.2) is 5.12 Å². The van der Waals surface area contributed by atoms with Crippen LogP contribution in [0.5, 0.6) is 0 Å². The third-order valence-corrected chi connectivity index (χ3v) is 9.37. The van der Waals surface area contributed by atoms with Crippen molar-refractivity contribution in [1.29, 1.82) is 0 Å². The number of carbonyl (C=O) groups is 1. The molecule has 7 heteroatoms. The van der Waals surface area contributed by atoms with Gasteiger partial charge in [0.1, 0.15) is 0 Å². The second-order valence-electron chi connectivity index (χ2n) is 6.44. The molecule has 0 bridgehead atoms. The van der Waals surface area contributed by atoms with E-state index < -0.39 is 8.80 Å². The zero-order valence-corrected chi connectivity index (χ0v) is 20.7. The maximum Gasteiger partial charge on any atom is 0.500 e. The van der Waals surface area contributed by atoms with Crippen LogP contribution in [-0.4, -0.2) is 51.0 Å². The van der Waals surface area contributed by atoms with Crippen molar-refractivity contribution in [3.63, 3.8) is 0 Å². The predicted octanol–water partition coefficient (Wildman–Crippen LogP) is 6.17. The third-order valence-electron chi connectivity index (χ3n) is 4.04. The van der Waals surface area contributed by atoms with Crippen LogP contribution < -0.4 is 0 Å². The van der Waals surface area contributed by atoms with E-state index in [0.29, 0.717) is 24.9 Å². The van der Waals surface area contributed by atoms with E-state index in [2.05, 4.69) is 6.92 Å². The summed E-state index contributed by atoms with van der Waals surface area (Å²) in [6.07, 6.45) is 8.99. The lowest BCUT2D eigenvalue weighted by atomic mass is 10.1. The van der Waals surface area contributed by atoms with Crippen molar-refractivity contribution in [2.75, 3.05) is 37.1 Å². The van der Waals surface area contributed by atoms with Gasteiger partial charge >= 0.3 is 8.80 Å². The molecule has 0 aliphatic heterocycles. The molecule has 0 unspecified atom stereocenters. The quantitative estimate of drug-likeness (QED) is 0.167. The van der Waals surface area contributed by atoms with Crippen LogP contribution in [-0.2, 0) is 18.1 Å². The summed E-state index contributed by atoms with van der Waals surface area (Å²) in [7, 11) is -2.47. The second kappa shape index (κ2) is 19.8. The van der Waals surface area contributed by atoms with Gasteiger partial charge in [-0.2, -0.15) is 11.8 Å². The largest absolute Gasteiger partial charge is 0.500 e. The molecule has 0 N–H and O–H groups in total. The Labute approximate surface area is 177 Å². The lowest BCUT2D eigenvalue weighted by Crippen LogP contribution is -2.46. The van der Waals surface area contributed by atoms with Gasteiger partial charge in [-0.3, -0.25) is 4.79 Å². The number of unbranched alkanes of at least 4 members (excludes halogenated alkanes) is 4. The van der Waals surface area contributed by atoms with E-state index in [1.807, 2.05) is 32.5 Å². The molecule has 0 aliphatic rings. The molecule has 4 nitrogen and oxygen atoms in total. The van der Waals surface area contributed by atoms with Gasteiger partial charge in [-0.25, -0.2) is 0 Å². The highest BCUT2D eigenvalue weighted by Crippen LogP contribution is 2.20. The maximum absolute atomic E-state index is 11.8. The minimum atomic E-state index is -2.47. The van der Waals surface area contributed by atoms with Crippen molar-refractivity contribution >= 4 is 37.4 Å². The second-order valence-corrected chi connectivity index (χ2v) is 11.5. The van der Waals surface area contributed by atoms with Crippen LogP contribution in [0.15, 0.2) is 0 Å². The average Bonchev–Trinajstić information content (AvgIpc) is 2.64. The molecule has 0 amide bonds. The van der Waals surface area contributed by atoms with E-state index in [1.165, 1.54) is 37.4 Å². The highest BCUT2D eigenvalue weighted by atomic mass is 32.2. The van der Waals surface area contributed by atoms with Crippen LogP contribution in [0.25, 0.3) is 0 Å². The Morgan fingerprint density at radius 1 is 0.741 bits per heavy atom. The van der Waals surface area contributed by atoms with Crippen LogP contribution in [0.2, 0.25) is 6.04 Å². The molecule has 27 heavy (non-hydrogen) atoms. The van der Waals surface area contributed by atoms with Gasteiger partial charge in [-0.15, -0.1) is 0 Å². The van der Waals surface area contributed by atoms with Crippen molar-refractivity contribution in [2.45, 2.75) is 85.1 Å². The minimum Gasteiger partial charge on any atom is -0.374 e. The third kappa shape index (κ3) is 16.0. The highest BCUT2D eigenvalue weighted by Gasteiger charge is 2.39. The van der Waals surface area contributed by atoms with Crippen molar-refractivity contribution in [3.05, 3.63) is 0 Å². The number of hydrogen-bond acceptors (Lipinski definition) is 6. The van der Waals surface area contributed by atoms with Crippen molar-refractivity contribution < 1.29 is 18.1 Å². The molecule has 0 saturated heterocycles. The molecule has 0 aromatic carbocycles. The molecule has 0 rings (SSSR count). The lowest BCUT2D eigenvalue weighted by molar-refractivity contribution is -0.111. The van der Waals surface area contributed by atoms with E-state index in [4.69, 9.17) is 13.3 Å². The fourth-order valence-corrected chi connectivity index (χ4v) is 7.54. The van der Waals surface area contributed by atoms with Gasteiger partial charge in [-0.1, -0.05) is 44.4 Å². The molecule has 0 spiro atoms. The number of carbonyl (C=O) groups excluding carboxylic acids is 1. The molecule has 0 fully saturated rings. The molecule has 0 heterocycles. The van der Waals surface area contributed by atoms with Gasteiger partial charge < -0.3 is 13.3 Å². The Bertz CT molecular complexity index is 329. The Hall–Kier alpha value is 0.467. The zero-order valence-electron chi connectivity index (χ0n) is 18.1. The van der Waals surface area contributed by atoms with Gasteiger partial charge in [0.2, 0.25) is 0 Å². The van der Waals surface area contributed by atoms with Crippen LogP contribution in [0, 0.1) is 0 Å². The molecule has 0 aromatic heterocycles. The monoisotopic (exact) mass is 438 g/mol. The summed E-state index contributed by atoms with van der Waals surface area (Å²) in [6, 6.07) is 0.890. The average molecular weight is 439 g/mol. The molecule has 0 aliphatic carbocycles. The summed E-state index contributed by atoms with van der Waals surface area (Å²) < 4.78 is 17.6. The normalized spacial score (nSPS) is 11.9. The first kappa shape index (κ1) is 27.5. The van der Waals surface area contributed by atoms with Crippen molar-refractivity contribution in [1.82, 2.24) is 0 Å². The van der Waals surface area contributed by atoms with Gasteiger partial charge in [0.25, 0.3) is 0 Å². The fraction of sp³-hybridized carbons (Fsp3) is 0.950. The topological polar surface area (TPSA) is 44.8 Å². The summed E-state index contributed by atoms with van der Waals surface area (Å²) >= 11 is 3.48. The van der Waals surface area contributed by atoms with Crippen LogP contribution in [0.3, 0.4) is 0 Å². The number of thioether (sulfide) groups is 2. The summed E-state index contributed by atoms with van der Waals surface area (Å²) in [6.45, 7) is 10.1. The number of hydrogen-bond donors (Lipinski definition) is 0. The van der Waals surface area contributed by atoms with E-state index in [1.54, 1.807) is 0 Å². The maximum atomic E-state index is 11.8. The zero-order chi connectivity index (χ0) is 20.2. The van der Waals surface area contributed by atoms with Gasteiger partial charge in [0.05, 0.1) is 0 Å². The molecule has 0 radical (unpaired) electrons. The van der Waals surface area contributed by atoms with Gasteiger partial charge in [-0.05, 0) is 51.5 Å². The van der Waals surface area contributed by atoms with Crippen LogP contribution in [0.4, 0.5) is 0 Å². The minimum absolute atomic E-state index is 0.373. The SMILES string of the molecule is CCCCCCCC(=O)SCCCSCCC[Si](OCC)(OCC)OCC. The first-order valence-corrected chi connectivity index (χ1v) is 14.9. The molecule has 0 saturated carbocycles. The first-order chi connectivity index (χ1) is 13.1. The molecule has 0 atom stereocenters. The van der Waals surface area contributed by atoms with Crippen molar-refractivity contribution in [2.24, 2.45) is 0 Å². The fourth-order valence-electron chi connectivity index (χ4n) is 2.79. The summed E-state index contributed by atoms with van der Waals surface area (Å²) in [5, 5.41) is 0.373. The number of rotatable bonds is 20. The standard InChI is InChI=1S/C20H42O4S2Si/c1-5-9-10-11-12-15-20(21)26-18-13-16-25-17-14-19-27(22-6-2,23-7-3)24-8-4/h5-19H2,1-4H3. The van der Waals surface area contributed by atoms with Gasteiger partial charge in [0, 0.05) is 38.0 Å². The van der Waals surface area contributed by atoms with E-state index in [-0.39, 0.29) is 0 Å². The molecule has 0 aromatic rings. The Morgan fingerprint density at radius 3 is 1.93 bits per heavy atom. The summed E-state index contributed by atoms with van der Waals surface area (Å²) in [5.74, 6) is 3.16. The smallest absolute Gasteiger partial charge is 0.374 e. The Morgan fingerprint density at radius 2 is 1.33 bits per heavy atom. The van der Waals surface area contributed by atoms with E-state index in [9.17, 15) is 4.79 Å². The van der Waals surface area contributed by atoms with E-state index in [0.717, 1.165) is 49.0 Å². The molecular weight excluding hydrogens is 396 g/mol. The summed E-state index contributed by atoms with van der Waals surface area (Å²) in [5.41, 5.74) is 0. The van der Waals surface area contributed by atoms with Crippen LogP contribution in [0.1, 0.15) is 79.1 Å². The highest BCUT2D eigenvalue weighted by molar-refractivity contribution is 8.13. The lowest BCUT2D eigenvalue weighted by Gasteiger charge is -2.28. The van der Waals surface area contributed by atoms with Crippen molar-refractivity contribution in [3.8, 4) is 0 Å². The molecule has 162 valence electrons. The Balaban J connectivity index is 3.67. The van der Waals surface area contributed by atoms with Crippen LogP contribution >= 0.6 is 23.5 Å². The van der Waals surface area contributed by atoms with E-state index >= 15 is 0 Å². The first-order valence-electron chi connectivity index (χ1n) is 10.8.